The molecular weight excluding hydrogens is 212 g/mol. The molecule has 1 heterocycles. The van der Waals surface area contributed by atoms with E-state index in [1.165, 1.54) is 6.08 Å². The van der Waals surface area contributed by atoms with Crippen LogP contribution >= 0.6 is 0 Å². The Morgan fingerprint density at radius 2 is 2.27 bits per heavy atom. The van der Waals surface area contributed by atoms with Gasteiger partial charge in [0.15, 0.2) is 15.6 Å². The van der Waals surface area contributed by atoms with Crippen molar-refractivity contribution in [1.29, 1.82) is 0 Å². The maximum absolute atomic E-state index is 11.6. The van der Waals surface area contributed by atoms with Crippen molar-refractivity contribution in [2.24, 2.45) is 5.92 Å². The van der Waals surface area contributed by atoms with E-state index >= 15 is 0 Å². The number of sulfone groups is 1. The molecule has 0 N–H and O–H groups in total. The number of rotatable bonds is 4. The maximum Gasteiger partial charge on any atom is 0.160 e. The Morgan fingerprint density at radius 1 is 1.60 bits per heavy atom. The van der Waals surface area contributed by atoms with Crippen LogP contribution in [0.4, 0.5) is 0 Å². The van der Waals surface area contributed by atoms with Crippen molar-refractivity contribution >= 4 is 15.6 Å². The third kappa shape index (κ3) is 3.02. The molecule has 0 radical (unpaired) electrons. The summed E-state index contributed by atoms with van der Waals surface area (Å²) < 4.78 is 23.1. The monoisotopic (exact) mass is 228 g/mol. The summed E-state index contributed by atoms with van der Waals surface area (Å²) in [5.74, 6) is -0.0437. The zero-order valence-electron chi connectivity index (χ0n) is 9.01. The molecule has 1 rings (SSSR count). The molecule has 0 fully saturated rings. The number of carbonyl (C=O) groups is 1. The minimum absolute atomic E-state index is 0.0134. The van der Waals surface area contributed by atoms with Crippen molar-refractivity contribution in [2.45, 2.75) is 25.5 Å². The standard InChI is InChI=1S/C11H16O3S/c1-3-5-10(12)8-9(2)11-6-4-7-15(11,13)14/h3-6,9,11H,7-8H2,1-2H3. The molecule has 3 nitrogen and oxygen atoms in total. The number of ketones is 1. The van der Waals surface area contributed by atoms with Crippen molar-refractivity contribution in [3.05, 3.63) is 24.3 Å². The van der Waals surface area contributed by atoms with Gasteiger partial charge in [-0.05, 0) is 18.9 Å². The summed E-state index contributed by atoms with van der Waals surface area (Å²) in [4.78, 5) is 11.3. The SMILES string of the molecule is CC=CC(=O)CC(C)C1C=CCS1(=O)=O. The molecule has 0 saturated carbocycles. The highest BCUT2D eigenvalue weighted by atomic mass is 32.2. The van der Waals surface area contributed by atoms with Crippen LogP contribution in [-0.2, 0) is 14.6 Å². The van der Waals surface area contributed by atoms with Gasteiger partial charge in [0.25, 0.3) is 0 Å². The minimum Gasteiger partial charge on any atom is -0.295 e. The molecule has 84 valence electrons. The first-order valence-corrected chi connectivity index (χ1v) is 6.72. The summed E-state index contributed by atoms with van der Waals surface area (Å²) in [7, 11) is -3.03. The molecule has 2 unspecified atom stereocenters. The van der Waals surface area contributed by atoms with Crippen molar-refractivity contribution in [1.82, 2.24) is 0 Å². The number of carbonyl (C=O) groups excluding carboxylic acids is 1. The van der Waals surface area contributed by atoms with Crippen molar-refractivity contribution < 1.29 is 13.2 Å². The fourth-order valence-corrected chi connectivity index (χ4v) is 3.54. The number of hydrogen-bond donors (Lipinski definition) is 0. The smallest absolute Gasteiger partial charge is 0.160 e. The van der Waals surface area contributed by atoms with Crippen LogP contribution in [0, 0.1) is 5.92 Å². The fraction of sp³-hybridized carbons (Fsp3) is 0.545. The summed E-state index contributed by atoms with van der Waals surface area (Å²) >= 11 is 0. The molecule has 0 saturated heterocycles. The Hall–Kier alpha value is -0.900. The predicted octanol–water partition coefficient (Wildman–Crippen LogP) is 1.51. The van der Waals surface area contributed by atoms with Gasteiger partial charge in [-0.1, -0.05) is 25.2 Å². The van der Waals surface area contributed by atoms with E-state index in [-0.39, 0.29) is 17.5 Å². The third-order valence-electron chi connectivity index (χ3n) is 2.51. The summed E-state index contributed by atoms with van der Waals surface area (Å²) in [6.07, 6.45) is 6.81. The van der Waals surface area contributed by atoms with Crippen LogP contribution in [0.25, 0.3) is 0 Å². The lowest BCUT2D eigenvalue weighted by Gasteiger charge is -2.15. The first-order valence-electron chi connectivity index (χ1n) is 5.01. The zero-order chi connectivity index (χ0) is 11.5. The molecule has 1 aliphatic heterocycles. The predicted molar refractivity (Wildman–Crippen MR) is 60.3 cm³/mol. The molecule has 0 amide bonds. The molecule has 1 aliphatic rings. The Bertz CT molecular complexity index is 390. The van der Waals surface area contributed by atoms with E-state index in [2.05, 4.69) is 0 Å². The summed E-state index contributed by atoms with van der Waals surface area (Å²) in [6.45, 7) is 3.58. The first-order chi connectivity index (χ1) is 6.97. The van der Waals surface area contributed by atoms with E-state index in [0.717, 1.165) is 0 Å². The van der Waals surface area contributed by atoms with Crippen LogP contribution in [0.1, 0.15) is 20.3 Å². The molecule has 4 heteroatoms. The fourth-order valence-electron chi connectivity index (χ4n) is 1.79. The van der Waals surface area contributed by atoms with Gasteiger partial charge >= 0.3 is 0 Å². The minimum atomic E-state index is -3.03. The number of allylic oxidation sites excluding steroid dienone is 2. The molecule has 0 aromatic carbocycles. The number of hydrogen-bond acceptors (Lipinski definition) is 3. The second-order valence-electron chi connectivity index (χ2n) is 3.87. The van der Waals surface area contributed by atoms with Crippen LogP contribution < -0.4 is 0 Å². The van der Waals surface area contributed by atoms with Gasteiger partial charge in [-0.2, -0.15) is 0 Å². The van der Waals surface area contributed by atoms with Gasteiger partial charge in [-0.15, -0.1) is 0 Å². The quantitative estimate of drug-likeness (QED) is 0.541. The summed E-state index contributed by atoms with van der Waals surface area (Å²) in [5.41, 5.74) is 0. The second kappa shape index (κ2) is 4.75. The van der Waals surface area contributed by atoms with Crippen LogP contribution in [0.2, 0.25) is 0 Å². The molecular formula is C11H16O3S. The zero-order valence-corrected chi connectivity index (χ0v) is 9.83. The third-order valence-corrected chi connectivity index (χ3v) is 4.61. The van der Waals surface area contributed by atoms with Crippen molar-refractivity contribution in [2.75, 3.05) is 5.75 Å². The first kappa shape index (κ1) is 12.2. The van der Waals surface area contributed by atoms with Crippen LogP contribution in [-0.4, -0.2) is 25.2 Å². The van der Waals surface area contributed by atoms with E-state index in [4.69, 9.17) is 0 Å². The maximum atomic E-state index is 11.6. The molecule has 0 bridgehead atoms. The van der Waals surface area contributed by atoms with Gasteiger partial charge in [0, 0.05) is 6.42 Å². The Balaban J connectivity index is 2.66. The molecule has 0 aromatic rings. The average molecular weight is 228 g/mol. The highest BCUT2D eigenvalue weighted by Gasteiger charge is 2.31. The summed E-state index contributed by atoms with van der Waals surface area (Å²) in [6, 6.07) is 0. The Labute approximate surface area is 90.8 Å². The van der Waals surface area contributed by atoms with E-state index in [1.807, 2.05) is 0 Å². The molecule has 0 aromatic heterocycles. The van der Waals surface area contributed by atoms with Gasteiger partial charge in [0.1, 0.15) is 0 Å². The molecule has 0 aliphatic carbocycles. The van der Waals surface area contributed by atoms with Gasteiger partial charge < -0.3 is 0 Å². The van der Waals surface area contributed by atoms with Gasteiger partial charge in [0.2, 0.25) is 0 Å². The van der Waals surface area contributed by atoms with Crippen LogP contribution in [0.15, 0.2) is 24.3 Å². The lowest BCUT2D eigenvalue weighted by atomic mass is 10.00. The van der Waals surface area contributed by atoms with Gasteiger partial charge in [-0.25, -0.2) is 8.42 Å². The topological polar surface area (TPSA) is 51.2 Å². The Kier molecular flexibility index (Phi) is 3.85. The van der Waals surface area contributed by atoms with Gasteiger partial charge in [-0.3, -0.25) is 4.79 Å². The highest BCUT2D eigenvalue weighted by Crippen LogP contribution is 2.23. The van der Waals surface area contributed by atoms with E-state index in [9.17, 15) is 13.2 Å². The van der Waals surface area contributed by atoms with Crippen molar-refractivity contribution in [3.63, 3.8) is 0 Å². The summed E-state index contributed by atoms with van der Waals surface area (Å²) in [5, 5.41) is -0.480. The van der Waals surface area contributed by atoms with Crippen LogP contribution in [0.3, 0.4) is 0 Å². The molecule has 15 heavy (non-hydrogen) atoms. The lowest BCUT2D eigenvalue weighted by molar-refractivity contribution is -0.115. The second-order valence-corrected chi connectivity index (χ2v) is 6.07. The Morgan fingerprint density at radius 3 is 2.73 bits per heavy atom. The van der Waals surface area contributed by atoms with E-state index in [1.54, 1.807) is 32.1 Å². The van der Waals surface area contributed by atoms with Crippen molar-refractivity contribution in [3.8, 4) is 0 Å². The molecule has 2 atom stereocenters. The largest absolute Gasteiger partial charge is 0.295 e. The normalized spacial score (nSPS) is 25.9. The van der Waals surface area contributed by atoms with E-state index in [0.29, 0.717) is 6.42 Å². The average Bonchev–Trinajstić information content (AvgIpc) is 2.45. The van der Waals surface area contributed by atoms with Gasteiger partial charge in [0.05, 0.1) is 11.0 Å². The highest BCUT2D eigenvalue weighted by molar-refractivity contribution is 7.92. The van der Waals surface area contributed by atoms with Crippen LogP contribution in [0.5, 0.6) is 0 Å². The van der Waals surface area contributed by atoms with E-state index < -0.39 is 15.1 Å². The molecule has 0 spiro atoms. The lowest BCUT2D eigenvalue weighted by Crippen LogP contribution is -2.25.